The first-order chi connectivity index (χ1) is 14.3. The second-order valence-electron chi connectivity index (χ2n) is 7.85. The maximum Gasteiger partial charge on any atom is 0.475 e. The van der Waals surface area contributed by atoms with Crippen molar-refractivity contribution in [2.45, 2.75) is 50.8 Å². The summed E-state index contributed by atoms with van der Waals surface area (Å²) >= 11 is 0. The first kappa shape index (κ1) is 20.1. The van der Waals surface area contributed by atoms with E-state index in [4.69, 9.17) is 24.0 Å². The average Bonchev–Trinajstić information content (AvgIpc) is 3.17. The maximum atomic E-state index is 16.0. The molecule has 2 N–H and O–H groups in total. The molecule has 13 heteroatoms. The van der Waals surface area contributed by atoms with Gasteiger partial charge in [-0.15, -0.1) is 0 Å². The van der Waals surface area contributed by atoms with E-state index in [0.717, 1.165) is 19.5 Å². The van der Waals surface area contributed by atoms with Crippen LogP contribution in [0.1, 0.15) is 32.9 Å². The van der Waals surface area contributed by atoms with Gasteiger partial charge in [0, 0.05) is 13.1 Å². The van der Waals surface area contributed by atoms with Crippen molar-refractivity contribution in [3.05, 3.63) is 6.33 Å². The highest BCUT2D eigenvalue weighted by atomic mass is 31.2. The van der Waals surface area contributed by atoms with E-state index in [1.54, 1.807) is 0 Å². The van der Waals surface area contributed by atoms with Gasteiger partial charge in [0.1, 0.15) is 12.2 Å². The molecule has 0 saturated carbocycles. The largest absolute Gasteiger partial charge is 0.475 e. The van der Waals surface area contributed by atoms with E-state index in [9.17, 15) is 4.57 Å². The highest BCUT2D eigenvalue weighted by molar-refractivity contribution is 7.48. The Morgan fingerprint density at radius 1 is 1.43 bits per heavy atom. The maximum absolute atomic E-state index is 16.0. The summed E-state index contributed by atoms with van der Waals surface area (Å²) in [6.45, 7) is 4.97. The summed E-state index contributed by atoms with van der Waals surface area (Å²) in [5, 5.41) is 0. The summed E-state index contributed by atoms with van der Waals surface area (Å²) in [5.41, 5.74) is 4.75. The fraction of sp³-hybridized carbons (Fsp3) is 0.706. The Morgan fingerprint density at radius 3 is 2.93 bits per heavy atom. The van der Waals surface area contributed by atoms with Crippen LogP contribution in [0.15, 0.2) is 6.33 Å². The highest BCUT2D eigenvalue weighted by Gasteiger charge is 2.61. The number of halogens is 1. The fourth-order valence-corrected chi connectivity index (χ4v) is 5.50. The number of rotatable bonds is 5. The molecule has 5 heterocycles. The lowest BCUT2D eigenvalue weighted by Gasteiger charge is -2.33. The standard InChI is InChI=1S/C17H24FN6O5P/c1-3-7-26-30(25)27-8-10-12(29-30)17(2,18)15(28-10)24-9-20-11-13(23-5-4-6-23)21-16(19)22-14(11)24/h9-10,12,15H,3-8H2,1-2H3,(H2,19,21,22)/t10-,12-,15-,17-,30+/m1/s1. The molecule has 0 spiro atoms. The van der Waals surface area contributed by atoms with Crippen LogP contribution >= 0.6 is 7.82 Å². The molecule has 0 aromatic carbocycles. The zero-order chi connectivity index (χ0) is 21.1. The van der Waals surface area contributed by atoms with Crippen molar-refractivity contribution < 1.29 is 27.3 Å². The number of aromatic nitrogens is 4. The van der Waals surface area contributed by atoms with Crippen molar-refractivity contribution in [2.24, 2.45) is 0 Å². The van der Waals surface area contributed by atoms with Crippen molar-refractivity contribution in [3.63, 3.8) is 0 Å². The van der Waals surface area contributed by atoms with Crippen LogP contribution in [0.2, 0.25) is 0 Å². The molecule has 0 bridgehead atoms. The first-order valence-electron chi connectivity index (χ1n) is 9.99. The van der Waals surface area contributed by atoms with Crippen LogP contribution in [0.25, 0.3) is 11.2 Å². The van der Waals surface area contributed by atoms with Gasteiger partial charge in [-0.25, -0.2) is 13.9 Å². The van der Waals surface area contributed by atoms with E-state index >= 15 is 4.39 Å². The minimum atomic E-state index is -3.85. The lowest BCUT2D eigenvalue weighted by molar-refractivity contribution is -0.0706. The van der Waals surface area contributed by atoms with E-state index in [1.807, 2.05) is 11.8 Å². The van der Waals surface area contributed by atoms with Crippen LogP contribution in [-0.4, -0.2) is 63.7 Å². The summed E-state index contributed by atoms with van der Waals surface area (Å²) in [5.74, 6) is 0.690. The van der Waals surface area contributed by atoms with Gasteiger partial charge in [-0.2, -0.15) is 9.97 Å². The van der Waals surface area contributed by atoms with Crippen molar-refractivity contribution in [3.8, 4) is 0 Å². The summed E-state index contributed by atoms with van der Waals surface area (Å²) in [6, 6.07) is 0. The number of alkyl halides is 1. The van der Waals surface area contributed by atoms with Gasteiger partial charge in [-0.05, 0) is 19.8 Å². The van der Waals surface area contributed by atoms with Crippen molar-refractivity contribution in [1.82, 2.24) is 19.5 Å². The fourth-order valence-electron chi connectivity index (χ4n) is 3.95. The predicted molar refractivity (Wildman–Crippen MR) is 105 cm³/mol. The highest BCUT2D eigenvalue weighted by Crippen LogP contribution is 2.59. The number of phosphoric ester groups is 1. The monoisotopic (exact) mass is 442 g/mol. The van der Waals surface area contributed by atoms with Gasteiger partial charge in [-0.3, -0.25) is 18.1 Å². The lowest BCUT2D eigenvalue weighted by Crippen LogP contribution is -2.44. The summed E-state index contributed by atoms with van der Waals surface area (Å²) < 4.78 is 52.0. The second kappa shape index (κ2) is 7.10. The van der Waals surface area contributed by atoms with Crippen molar-refractivity contribution >= 4 is 30.8 Å². The summed E-state index contributed by atoms with van der Waals surface area (Å²) in [7, 11) is -3.85. The van der Waals surface area contributed by atoms with Crippen molar-refractivity contribution in [1.29, 1.82) is 0 Å². The number of fused-ring (bicyclic) bond motifs is 2. The number of nitrogens with two attached hydrogens (primary N) is 1. The average molecular weight is 442 g/mol. The molecule has 3 aliphatic rings. The van der Waals surface area contributed by atoms with Gasteiger partial charge in [0.2, 0.25) is 5.95 Å². The van der Waals surface area contributed by atoms with Gasteiger partial charge >= 0.3 is 7.82 Å². The third kappa shape index (κ3) is 3.09. The summed E-state index contributed by atoms with van der Waals surface area (Å²) in [4.78, 5) is 15.0. The number of nitrogens with zero attached hydrogens (tertiary/aromatic N) is 5. The van der Waals surface area contributed by atoms with Gasteiger partial charge in [0.05, 0.1) is 19.5 Å². The predicted octanol–water partition coefficient (Wildman–Crippen LogP) is 2.19. The Balaban J connectivity index is 1.49. The quantitative estimate of drug-likeness (QED) is 0.689. The third-order valence-electron chi connectivity index (χ3n) is 5.60. The van der Waals surface area contributed by atoms with Crippen LogP contribution in [0.3, 0.4) is 0 Å². The number of phosphoric acid groups is 1. The molecule has 3 fully saturated rings. The Labute approximate surface area is 172 Å². The van der Waals surface area contributed by atoms with Gasteiger partial charge in [0.15, 0.2) is 28.9 Å². The number of hydrogen-bond donors (Lipinski definition) is 1. The van der Waals surface area contributed by atoms with Crippen LogP contribution in [0.5, 0.6) is 0 Å². The first-order valence-corrected chi connectivity index (χ1v) is 11.5. The van der Waals surface area contributed by atoms with Crippen LogP contribution < -0.4 is 10.6 Å². The Bertz CT molecular complexity index is 1010. The molecular formula is C17H24FN6O5P. The van der Waals surface area contributed by atoms with E-state index in [0.29, 0.717) is 23.4 Å². The topological polar surface area (TPSA) is 127 Å². The molecule has 0 aliphatic carbocycles. The van der Waals surface area contributed by atoms with E-state index < -0.39 is 31.9 Å². The van der Waals surface area contributed by atoms with Crippen molar-refractivity contribution in [2.75, 3.05) is 36.9 Å². The number of ether oxygens (including phenoxy) is 1. The molecule has 5 atom stereocenters. The molecule has 0 radical (unpaired) electrons. The molecule has 0 unspecified atom stereocenters. The second-order valence-corrected chi connectivity index (χ2v) is 9.47. The normalized spacial score (nSPS) is 36.1. The molecule has 2 aromatic rings. The van der Waals surface area contributed by atoms with E-state index in [2.05, 4.69) is 15.0 Å². The zero-order valence-electron chi connectivity index (χ0n) is 16.7. The van der Waals surface area contributed by atoms with Gasteiger partial charge in [0.25, 0.3) is 0 Å². The molecule has 0 amide bonds. The van der Waals surface area contributed by atoms with Crippen LogP contribution in [0.4, 0.5) is 16.2 Å². The minimum absolute atomic E-state index is 0.0687. The smallest absolute Gasteiger partial charge is 0.368 e. The molecule has 11 nitrogen and oxygen atoms in total. The van der Waals surface area contributed by atoms with E-state index in [-0.39, 0.29) is 19.2 Å². The van der Waals surface area contributed by atoms with Gasteiger partial charge < -0.3 is 15.4 Å². The lowest BCUT2D eigenvalue weighted by atomic mass is 9.98. The van der Waals surface area contributed by atoms with Crippen LogP contribution in [-0.2, 0) is 22.9 Å². The molecule has 30 heavy (non-hydrogen) atoms. The Hall–Kier alpha value is -1.85. The zero-order valence-corrected chi connectivity index (χ0v) is 17.6. The number of imidazole rings is 1. The molecular weight excluding hydrogens is 418 g/mol. The number of nitrogen functional groups attached to an aromatic ring is 1. The number of anilines is 2. The minimum Gasteiger partial charge on any atom is -0.368 e. The molecule has 2 aromatic heterocycles. The van der Waals surface area contributed by atoms with Gasteiger partial charge in [-0.1, -0.05) is 6.92 Å². The Kier molecular flexibility index (Phi) is 4.75. The molecule has 3 saturated heterocycles. The SMILES string of the molecule is CCCO[P@@]1(=O)OC[C@H]2O[C@@H](n3cnc4c(N5CCC5)nc(N)nc43)[C@](C)(F)[C@@H]2O1. The summed E-state index contributed by atoms with van der Waals surface area (Å²) in [6.07, 6.45) is 0.113. The third-order valence-corrected chi connectivity index (χ3v) is 7.05. The molecule has 5 rings (SSSR count). The molecule has 164 valence electrons. The molecule has 3 aliphatic heterocycles. The van der Waals surface area contributed by atoms with E-state index in [1.165, 1.54) is 17.8 Å². The van der Waals surface area contributed by atoms with Crippen LogP contribution in [0, 0.1) is 0 Å². The number of hydrogen-bond acceptors (Lipinski definition) is 10. The Morgan fingerprint density at radius 2 is 2.23 bits per heavy atom.